The summed E-state index contributed by atoms with van der Waals surface area (Å²) in [5, 5.41) is 0. The lowest BCUT2D eigenvalue weighted by atomic mass is 10.3. The molecule has 0 aliphatic heterocycles. The first-order chi connectivity index (χ1) is 9.26. The van der Waals surface area contributed by atoms with Gasteiger partial charge in [0.25, 0.3) is 0 Å². The number of hydrogen-bond donors (Lipinski definition) is 0. The summed E-state index contributed by atoms with van der Waals surface area (Å²) in [7, 11) is 0. The Hall–Kier alpha value is -0.120. The van der Waals surface area contributed by atoms with Gasteiger partial charge in [-0.25, -0.2) is 0 Å². The van der Waals surface area contributed by atoms with E-state index >= 15 is 0 Å². The fraction of sp³-hybridized carbons (Fsp3) is 1.00. The Labute approximate surface area is 121 Å². The molecule has 3 heteroatoms. The van der Waals surface area contributed by atoms with Crippen molar-refractivity contribution in [1.29, 1.82) is 0 Å². The Balaban J connectivity index is 0. The fourth-order valence-electron chi connectivity index (χ4n) is 1.32. The van der Waals surface area contributed by atoms with E-state index in [1.165, 1.54) is 0 Å². The Morgan fingerprint density at radius 3 is 1.53 bits per heavy atom. The highest BCUT2D eigenvalue weighted by Gasteiger charge is 2.04. The van der Waals surface area contributed by atoms with Crippen LogP contribution in [-0.2, 0) is 14.2 Å². The molecule has 0 aromatic rings. The molecule has 1 atom stereocenters. The summed E-state index contributed by atoms with van der Waals surface area (Å²) in [4.78, 5) is 0. The molecule has 0 rings (SSSR count). The molecule has 0 aromatic carbocycles. The molecule has 118 valence electrons. The van der Waals surface area contributed by atoms with E-state index in [4.69, 9.17) is 14.2 Å². The summed E-state index contributed by atoms with van der Waals surface area (Å²) in [5.74, 6) is 0. The number of rotatable bonds is 12. The zero-order valence-corrected chi connectivity index (χ0v) is 13.9. The van der Waals surface area contributed by atoms with Crippen LogP contribution >= 0.6 is 0 Å². The third kappa shape index (κ3) is 20.4. The quantitative estimate of drug-likeness (QED) is 0.493. The smallest absolute Gasteiger partial charge is 0.0805 e. The molecule has 0 aliphatic carbocycles. The first kappa shape index (κ1) is 21.2. The van der Waals surface area contributed by atoms with Gasteiger partial charge in [0, 0.05) is 26.4 Å². The van der Waals surface area contributed by atoms with Crippen LogP contribution in [0.3, 0.4) is 0 Å². The summed E-state index contributed by atoms with van der Waals surface area (Å²) in [5.41, 5.74) is 0. The second kappa shape index (κ2) is 20.2. The van der Waals surface area contributed by atoms with Crippen molar-refractivity contribution in [2.24, 2.45) is 0 Å². The molecule has 0 radical (unpaired) electrons. The number of hydrogen-bond acceptors (Lipinski definition) is 3. The van der Waals surface area contributed by atoms with Gasteiger partial charge in [-0.15, -0.1) is 0 Å². The Kier molecular flexibility index (Phi) is 22.5. The molecule has 0 bridgehead atoms. The predicted molar refractivity (Wildman–Crippen MR) is 82.8 cm³/mol. The van der Waals surface area contributed by atoms with Gasteiger partial charge in [-0.1, -0.05) is 34.6 Å². The van der Waals surface area contributed by atoms with Crippen LogP contribution in [0.4, 0.5) is 0 Å². The van der Waals surface area contributed by atoms with Gasteiger partial charge < -0.3 is 14.2 Å². The molecule has 0 amide bonds. The van der Waals surface area contributed by atoms with E-state index in [2.05, 4.69) is 34.6 Å². The predicted octanol–water partition coefficient (Wildman–Crippen LogP) is 4.44. The van der Waals surface area contributed by atoms with E-state index in [0.717, 1.165) is 65.1 Å². The summed E-state index contributed by atoms with van der Waals surface area (Å²) in [6.07, 6.45) is 5.80. The standard InChI is InChI=1S/C10H22O2.C6H14O/c1-4-7-11-9-10(6-3)12-8-5-2;1-3-5-7-6-4-2/h10H,4-9H2,1-3H3;3-6H2,1-2H3. The molecule has 0 aromatic heterocycles. The van der Waals surface area contributed by atoms with Crippen molar-refractivity contribution in [1.82, 2.24) is 0 Å². The van der Waals surface area contributed by atoms with Gasteiger partial charge in [0.2, 0.25) is 0 Å². The molecule has 3 nitrogen and oxygen atoms in total. The van der Waals surface area contributed by atoms with Gasteiger partial charge in [0.15, 0.2) is 0 Å². The van der Waals surface area contributed by atoms with Crippen molar-refractivity contribution in [2.45, 2.75) is 72.8 Å². The third-order valence-electron chi connectivity index (χ3n) is 2.36. The molecule has 0 heterocycles. The normalized spacial score (nSPS) is 11.8. The van der Waals surface area contributed by atoms with Gasteiger partial charge in [-0.05, 0) is 32.1 Å². The Morgan fingerprint density at radius 1 is 0.632 bits per heavy atom. The highest BCUT2D eigenvalue weighted by molar-refractivity contribution is 4.52. The van der Waals surface area contributed by atoms with Crippen LogP contribution in [-0.4, -0.2) is 39.1 Å². The van der Waals surface area contributed by atoms with Gasteiger partial charge in [0.05, 0.1) is 12.7 Å². The zero-order valence-electron chi connectivity index (χ0n) is 13.9. The van der Waals surface area contributed by atoms with Crippen molar-refractivity contribution in [3.8, 4) is 0 Å². The van der Waals surface area contributed by atoms with E-state index < -0.39 is 0 Å². The maximum Gasteiger partial charge on any atom is 0.0805 e. The highest BCUT2D eigenvalue weighted by atomic mass is 16.5. The van der Waals surface area contributed by atoms with Crippen LogP contribution < -0.4 is 0 Å². The lowest BCUT2D eigenvalue weighted by Crippen LogP contribution is -2.19. The van der Waals surface area contributed by atoms with Crippen molar-refractivity contribution < 1.29 is 14.2 Å². The van der Waals surface area contributed by atoms with Crippen LogP contribution in [0, 0.1) is 0 Å². The molecule has 19 heavy (non-hydrogen) atoms. The zero-order chi connectivity index (χ0) is 14.8. The summed E-state index contributed by atoms with van der Waals surface area (Å²) in [6.45, 7) is 14.9. The Morgan fingerprint density at radius 2 is 1.11 bits per heavy atom. The first-order valence-corrected chi connectivity index (χ1v) is 8.03. The van der Waals surface area contributed by atoms with E-state index in [-0.39, 0.29) is 0 Å². The molecule has 0 saturated heterocycles. The summed E-state index contributed by atoms with van der Waals surface area (Å²) >= 11 is 0. The number of ether oxygens (including phenoxy) is 3. The molecule has 0 spiro atoms. The topological polar surface area (TPSA) is 27.7 Å². The molecule has 0 aliphatic rings. The first-order valence-electron chi connectivity index (χ1n) is 8.03. The summed E-state index contributed by atoms with van der Waals surface area (Å²) < 4.78 is 16.1. The van der Waals surface area contributed by atoms with Crippen LogP contribution in [0.5, 0.6) is 0 Å². The molecular weight excluding hydrogens is 240 g/mol. The van der Waals surface area contributed by atoms with Crippen LogP contribution in [0.15, 0.2) is 0 Å². The monoisotopic (exact) mass is 276 g/mol. The summed E-state index contributed by atoms with van der Waals surface area (Å²) in [6, 6.07) is 0. The largest absolute Gasteiger partial charge is 0.381 e. The minimum atomic E-state index is 0.302. The lowest BCUT2D eigenvalue weighted by Gasteiger charge is -2.15. The van der Waals surface area contributed by atoms with E-state index in [0.29, 0.717) is 6.10 Å². The molecule has 1 unspecified atom stereocenters. The van der Waals surface area contributed by atoms with E-state index in [1.54, 1.807) is 0 Å². The van der Waals surface area contributed by atoms with Gasteiger partial charge >= 0.3 is 0 Å². The van der Waals surface area contributed by atoms with Gasteiger partial charge in [-0.2, -0.15) is 0 Å². The van der Waals surface area contributed by atoms with E-state index in [1.807, 2.05) is 0 Å². The minimum Gasteiger partial charge on any atom is -0.381 e. The molecular formula is C16H36O3. The van der Waals surface area contributed by atoms with Gasteiger partial charge in [0.1, 0.15) is 0 Å². The van der Waals surface area contributed by atoms with Crippen LogP contribution in [0.25, 0.3) is 0 Å². The molecule has 0 N–H and O–H groups in total. The lowest BCUT2D eigenvalue weighted by molar-refractivity contribution is -0.0176. The average Bonchev–Trinajstić information content (AvgIpc) is 2.44. The van der Waals surface area contributed by atoms with Gasteiger partial charge in [-0.3, -0.25) is 0 Å². The van der Waals surface area contributed by atoms with Crippen molar-refractivity contribution >= 4 is 0 Å². The second-order valence-corrected chi connectivity index (χ2v) is 4.59. The fourth-order valence-corrected chi connectivity index (χ4v) is 1.32. The van der Waals surface area contributed by atoms with Crippen LogP contribution in [0.2, 0.25) is 0 Å². The maximum atomic E-state index is 5.56. The SMILES string of the molecule is CCCOCC(CC)OCCC.CCCOCCC. The highest BCUT2D eigenvalue weighted by Crippen LogP contribution is 2.00. The van der Waals surface area contributed by atoms with Crippen molar-refractivity contribution in [2.75, 3.05) is 33.0 Å². The Bertz CT molecular complexity index is 136. The second-order valence-electron chi connectivity index (χ2n) is 4.59. The minimum absolute atomic E-state index is 0.302. The van der Waals surface area contributed by atoms with Crippen molar-refractivity contribution in [3.05, 3.63) is 0 Å². The molecule has 0 fully saturated rings. The third-order valence-corrected chi connectivity index (χ3v) is 2.36. The maximum absolute atomic E-state index is 5.56. The van der Waals surface area contributed by atoms with Crippen LogP contribution in [0.1, 0.15) is 66.7 Å². The average molecular weight is 276 g/mol. The van der Waals surface area contributed by atoms with Crippen molar-refractivity contribution in [3.63, 3.8) is 0 Å². The molecule has 0 saturated carbocycles. The van der Waals surface area contributed by atoms with E-state index in [9.17, 15) is 0 Å².